The fourth-order valence-electron chi connectivity index (χ4n) is 0.999. The molecule has 0 aromatic carbocycles. The molecule has 6 heteroatoms. The molecular weight excluding hydrogens is 228 g/mol. The van der Waals surface area contributed by atoms with E-state index in [-0.39, 0.29) is 17.0 Å². The molecule has 0 saturated carbocycles. The van der Waals surface area contributed by atoms with Crippen molar-refractivity contribution in [3.8, 4) is 0 Å². The van der Waals surface area contributed by atoms with Gasteiger partial charge in [-0.3, -0.25) is 0 Å². The summed E-state index contributed by atoms with van der Waals surface area (Å²) in [6.45, 7) is 6.03. The van der Waals surface area contributed by atoms with Crippen molar-refractivity contribution in [3.05, 3.63) is 11.2 Å². The first-order valence-corrected chi connectivity index (χ1v) is 5.45. The molecule has 0 unspecified atom stereocenters. The number of halogens is 1. The minimum absolute atomic E-state index is 0.110. The third kappa shape index (κ3) is 3.50. The minimum Gasteiger partial charge on any atom is -0.388 e. The number of hydrogen-bond donors (Lipinski definition) is 3. The Morgan fingerprint density at radius 2 is 2.19 bits per heavy atom. The first kappa shape index (κ1) is 13.0. The van der Waals surface area contributed by atoms with E-state index in [0.29, 0.717) is 12.4 Å². The third-order valence-corrected chi connectivity index (χ3v) is 2.78. The van der Waals surface area contributed by atoms with Gasteiger partial charge in [0.2, 0.25) is 5.95 Å². The van der Waals surface area contributed by atoms with Gasteiger partial charge in [-0.05, 0) is 12.8 Å². The minimum atomic E-state index is -0.813. The van der Waals surface area contributed by atoms with Crippen LogP contribution >= 0.6 is 11.6 Å². The summed E-state index contributed by atoms with van der Waals surface area (Å²) in [6.07, 6.45) is 0. The normalized spacial score (nSPS) is 14.9. The molecule has 0 amide bonds. The van der Waals surface area contributed by atoms with Gasteiger partial charge in [0.25, 0.3) is 0 Å². The fourth-order valence-corrected chi connectivity index (χ4v) is 1.19. The lowest BCUT2D eigenvalue weighted by atomic mass is 9.93. The number of anilines is 2. The molecule has 5 nitrogen and oxygen atoms in total. The summed E-state index contributed by atoms with van der Waals surface area (Å²) in [4.78, 5) is 7.70. The molecule has 0 aliphatic rings. The van der Waals surface area contributed by atoms with E-state index in [2.05, 4.69) is 15.3 Å². The summed E-state index contributed by atoms with van der Waals surface area (Å²) in [5, 5.41) is 13.3. The van der Waals surface area contributed by atoms with Gasteiger partial charge in [-0.25, -0.2) is 4.98 Å². The number of aliphatic hydroxyl groups is 1. The highest BCUT2D eigenvalue weighted by molar-refractivity contribution is 6.29. The molecule has 0 radical (unpaired) electrons. The predicted molar refractivity (Wildman–Crippen MR) is 65.4 cm³/mol. The monoisotopic (exact) mass is 244 g/mol. The Bertz CT molecular complexity index is 348. The smallest absolute Gasteiger partial charge is 0.223 e. The first-order valence-electron chi connectivity index (χ1n) is 5.07. The Labute approximate surface area is 100 Å². The molecule has 1 rings (SSSR count). The van der Waals surface area contributed by atoms with Gasteiger partial charge in [0.1, 0.15) is 11.0 Å². The molecule has 16 heavy (non-hydrogen) atoms. The number of rotatable bonds is 4. The van der Waals surface area contributed by atoms with Gasteiger partial charge in [-0.2, -0.15) is 4.98 Å². The van der Waals surface area contributed by atoms with Crippen LogP contribution in [0.5, 0.6) is 0 Å². The standard InChI is InChI=1S/C10H17ClN4O/c1-6(2)10(3,16)5-13-8-4-7(11)14-9(12)15-8/h4,6,16H,5H2,1-3H3,(H3,12,13,14,15)/t10-/m1/s1. The van der Waals surface area contributed by atoms with Crippen molar-refractivity contribution in [1.29, 1.82) is 0 Å². The highest BCUT2D eigenvalue weighted by atomic mass is 35.5. The second-order valence-electron chi connectivity index (χ2n) is 4.30. The second kappa shape index (κ2) is 4.84. The Morgan fingerprint density at radius 3 is 2.69 bits per heavy atom. The highest BCUT2D eigenvalue weighted by Gasteiger charge is 2.24. The van der Waals surface area contributed by atoms with Gasteiger partial charge >= 0.3 is 0 Å². The van der Waals surface area contributed by atoms with Crippen LogP contribution in [0.25, 0.3) is 0 Å². The first-order chi connectivity index (χ1) is 7.31. The van der Waals surface area contributed by atoms with E-state index in [1.807, 2.05) is 13.8 Å². The maximum Gasteiger partial charge on any atom is 0.223 e. The summed E-state index contributed by atoms with van der Waals surface area (Å²) in [6, 6.07) is 1.56. The van der Waals surface area contributed by atoms with Gasteiger partial charge in [-0.1, -0.05) is 25.4 Å². The molecule has 1 aromatic rings. The molecule has 0 aliphatic carbocycles. The fraction of sp³-hybridized carbons (Fsp3) is 0.600. The lowest BCUT2D eigenvalue weighted by Gasteiger charge is -2.28. The lowest BCUT2D eigenvalue weighted by molar-refractivity contribution is 0.0265. The maximum absolute atomic E-state index is 10.0. The van der Waals surface area contributed by atoms with E-state index in [1.54, 1.807) is 13.0 Å². The second-order valence-corrected chi connectivity index (χ2v) is 4.69. The number of hydrogen-bond acceptors (Lipinski definition) is 5. The number of aromatic nitrogens is 2. The highest BCUT2D eigenvalue weighted by Crippen LogP contribution is 2.18. The van der Waals surface area contributed by atoms with Gasteiger partial charge in [-0.15, -0.1) is 0 Å². The summed E-state index contributed by atoms with van der Waals surface area (Å²) in [5.41, 5.74) is 4.64. The van der Waals surface area contributed by atoms with E-state index < -0.39 is 5.60 Å². The van der Waals surface area contributed by atoms with Crippen LogP contribution < -0.4 is 11.1 Å². The van der Waals surface area contributed by atoms with E-state index in [4.69, 9.17) is 17.3 Å². The van der Waals surface area contributed by atoms with E-state index in [9.17, 15) is 5.11 Å². The van der Waals surface area contributed by atoms with Crippen molar-refractivity contribution in [2.45, 2.75) is 26.4 Å². The SMILES string of the molecule is CC(C)[C@](C)(O)CNc1cc(Cl)nc(N)n1. The zero-order valence-corrected chi connectivity index (χ0v) is 10.4. The Hall–Kier alpha value is -1.07. The van der Waals surface area contributed by atoms with Gasteiger partial charge in [0.15, 0.2) is 0 Å². The molecule has 4 N–H and O–H groups in total. The molecule has 0 bridgehead atoms. The summed E-state index contributed by atoms with van der Waals surface area (Å²) < 4.78 is 0. The topological polar surface area (TPSA) is 84.1 Å². The zero-order chi connectivity index (χ0) is 12.3. The zero-order valence-electron chi connectivity index (χ0n) is 9.66. The molecule has 1 aromatic heterocycles. The number of nitrogens with two attached hydrogens (primary N) is 1. The van der Waals surface area contributed by atoms with Crippen LogP contribution in [0.3, 0.4) is 0 Å². The van der Waals surface area contributed by atoms with Crippen molar-refractivity contribution in [1.82, 2.24) is 9.97 Å². The number of nitrogens with one attached hydrogen (secondary N) is 1. The van der Waals surface area contributed by atoms with E-state index >= 15 is 0 Å². The number of nitrogen functional groups attached to an aromatic ring is 1. The molecule has 0 spiro atoms. The molecule has 0 saturated heterocycles. The Morgan fingerprint density at radius 1 is 1.56 bits per heavy atom. The maximum atomic E-state index is 10.0. The number of nitrogens with zero attached hydrogens (tertiary/aromatic N) is 2. The summed E-state index contributed by atoms with van der Waals surface area (Å²) >= 11 is 5.73. The molecule has 1 atom stereocenters. The summed E-state index contributed by atoms with van der Waals surface area (Å²) in [7, 11) is 0. The Balaban J connectivity index is 2.68. The predicted octanol–water partition coefficient (Wildman–Crippen LogP) is 1.53. The Kier molecular flexibility index (Phi) is 3.93. The average Bonchev–Trinajstić information content (AvgIpc) is 2.13. The van der Waals surface area contributed by atoms with Crippen molar-refractivity contribution < 1.29 is 5.11 Å². The van der Waals surface area contributed by atoms with Crippen LogP contribution in [-0.2, 0) is 0 Å². The van der Waals surface area contributed by atoms with Crippen molar-refractivity contribution in [2.75, 3.05) is 17.6 Å². The van der Waals surface area contributed by atoms with Crippen molar-refractivity contribution in [3.63, 3.8) is 0 Å². The lowest BCUT2D eigenvalue weighted by Crippen LogP contribution is -2.38. The van der Waals surface area contributed by atoms with Gasteiger partial charge in [0, 0.05) is 12.6 Å². The molecule has 90 valence electrons. The average molecular weight is 245 g/mol. The quantitative estimate of drug-likeness (QED) is 0.700. The van der Waals surface area contributed by atoms with Crippen LogP contribution in [0.2, 0.25) is 5.15 Å². The van der Waals surface area contributed by atoms with Gasteiger partial charge < -0.3 is 16.2 Å². The van der Waals surface area contributed by atoms with Crippen molar-refractivity contribution >= 4 is 23.4 Å². The molecule has 0 aliphatic heterocycles. The van der Waals surface area contributed by atoms with E-state index in [1.165, 1.54) is 0 Å². The largest absolute Gasteiger partial charge is 0.388 e. The van der Waals surface area contributed by atoms with E-state index in [0.717, 1.165) is 0 Å². The van der Waals surface area contributed by atoms with Crippen LogP contribution in [0.1, 0.15) is 20.8 Å². The molecule has 0 fully saturated rings. The summed E-state index contributed by atoms with van der Waals surface area (Å²) in [5.74, 6) is 0.757. The third-order valence-electron chi connectivity index (χ3n) is 2.58. The van der Waals surface area contributed by atoms with Crippen LogP contribution in [0, 0.1) is 5.92 Å². The molecule has 1 heterocycles. The van der Waals surface area contributed by atoms with Crippen LogP contribution in [-0.4, -0.2) is 27.2 Å². The van der Waals surface area contributed by atoms with Crippen LogP contribution in [0.15, 0.2) is 6.07 Å². The molecular formula is C10H17ClN4O. The van der Waals surface area contributed by atoms with Gasteiger partial charge in [0.05, 0.1) is 5.60 Å². The van der Waals surface area contributed by atoms with Crippen molar-refractivity contribution in [2.24, 2.45) is 5.92 Å². The van der Waals surface area contributed by atoms with Crippen LogP contribution in [0.4, 0.5) is 11.8 Å².